The van der Waals surface area contributed by atoms with Gasteiger partial charge in [-0.15, -0.1) is 0 Å². The molecule has 80 valence electrons. The van der Waals surface area contributed by atoms with Crippen LogP contribution in [0.5, 0.6) is 0 Å². The minimum Gasteiger partial charge on any atom is -0.465 e. The highest BCUT2D eigenvalue weighted by Crippen LogP contribution is 2.38. The van der Waals surface area contributed by atoms with E-state index in [1.165, 1.54) is 37.5 Å². The highest BCUT2D eigenvalue weighted by Gasteiger charge is 2.24. The summed E-state index contributed by atoms with van der Waals surface area (Å²) in [5.41, 5.74) is 3.13. The van der Waals surface area contributed by atoms with Crippen LogP contribution in [0.2, 0.25) is 0 Å². The maximum atomic E-state index is 11.6. The molecule has 0 amide bonds. The first-order valence-electron chi connectivity index (χ1n) is 5.41. The fourth-order valence-electron chi connectivity index (χ4n) is 2.04. The van der Waals surface area contributed by atoms with Crippen LogP contribution in [-0.4, -0.2) is 13.1 Å². The van der Waals surface area contributed by atoms with Gasteiger partial charge in [-0.05, 0) is 37.3 Å². The third-order valence-corrected chi connectivity index (χ3v) is 3.16. The van der Waals surface area contributed by atoms with Crippen molar-refractivity contribution in [3.05, 3.63) is 34.9 Å². The number of hydrogen-bond donors (Lipinski definition) is 0. The molecule has 0 heterocycles. The molecule has 2 heteroatoms. The van der Waals surface area contributed by atoms with E-state index in [1.807, 2.05) is 12.1 Å². The molecular formula is C13H16O2. The zero-order valence-electron chi connectivity index (χ0n) is 9.25. The molecule has 1 aromatic rings. The molecular weight excluding hydrogens is 188 g/mol. The number of ether oxygens (including phenoxy) is 1. The monoisotopic (exact) mass is 204 g/mol. The Balaban J connectivity index is 2.38. The summed E-state index contributed by atoms with van der Waals surface area (Å²) in [6.45, 7) is 2.06. The maximum absolute atomic E-state index is 11.6. The van der Waals surface area contributed by atoms with Crippen molar-refractivity contribution < 1.29 is 9.53 Å². The van der Waals surface area contributed by atoms with Crippen LogP contribution in [0.15, 0.2) is 18.2 Å². The van der Waals surface area contributed by atoms with Crippen LogP contribution in [0.25, 0.3) is 0 Å². The van der Waals surface area contributed by atoms with Gasteiger partial charge in [-0.1, -0.05) is 24.1 Å². The summed E-state index contributed by atoms with van der Waals surface area (Å²) >= 11 is 0. The van der Waals surface area contributed by atoms with Crippen LogP contribution in [0.1, 0.15) is 46.7 Å². The lowest BCUT2D eigenvalue weighted by molar-refractivity contribution is 0.0598. The van der Waals surface area contributed by atoms with E-state index in [0.29, 0.717) is 5.92 Å². The largest absolute Gasteiger partial charge is 0.465 e. The second-order valence-corrected chi connectivity index (χ2v) is 4.21. The quantitative estimate of drug-likeness (QED) is 0.692. The van der Waals surface area contributed by atoms with Gasteiger partial charge in [0.15, 0.2) is 0 Å². The standard InChI is InChI=1S/C13H16O2/c1-9-6-7-11(13(14)15-2)12(8-9)10-4-3-5-10/h6-8,10H,3-5H2,1-2H3. The lowest BCUT2D eigenvalue weighted by Crippen LogP contribution is -2.14. The molecule has 2 nitrogen and oxygen atoms in total. The Morgan fingerprint density at radius 1 is 1.40 bits per heavy atom. The number of esters is 1. The Kier molecular flexibility index (Phi) is 2.76. The summed E-state index contributed by atoms with van der Waals surface area (Å²) in [5.74, 6) is 0.357. The van der Waals surface area contributed by atoms with Crippen LogP contribution in [-0.2, 0) is 4.74 Å². The average molecular weight is 204 g/mol. The summed E-state index contributed by atoms with van der Waals surface area (Å²) < 4.78 is 4.80. The fraction of sp³-hybridized carbons (Fsp3) is 0.462. The Hall–Kier alpha value is -1.31. The molecule has 1 aliphatic rings. The van der Waals surface area contributed by atoms with E-state index in [2.05, 4.69) is 13.0 Å². The number of methoxy groups -OCH3 is 1. The van der Waals surface area contributed by atoms with Crippen LogP contribution in [0.4, 0.5) is 0 Å². The first-order valence-corrected chi connectivity index (χ1v) is 5.41. The van der Waals surface area contributed by atoms with Crippen LogP contribution >= 0.6 is 0 Å². The predicted molar refractivity (Wildman–Crippen MR) is 59.1 cm³/mol. The lowest BCUT2D eigenvalue weighted by atomic mass is 9.78. The third kappa shape index (κ3) is 1.89. The van der Waals surface area contributed by atoms with Gasteiger partial charge < -0.3 is 4.74 Å². The number of hydrogen-bond acceptors (Lipinski definition) is 2. The van der Waals surface area contributed by atoms with Gasteiger partial charge in [0.25, 0.3) is 0 Å². The molecule has 1 fully saturated rings. The zero-order valence-corrected chi connectivity index (χ0v) is 9.25. The van der Waals surface area contributed by atoms with Crippen molar-refractivity contribution in [3.63, 3.8) is 0 Å². The topological polar surface area (TPSA) is 26.3 Å². The van der Waals surface area contributed by atoms with Crippen molar-refractivity contribution in [2.75, 3.05) is 7.11 Å². The molecule has 0 spiro atoms. The molecule has 15 heavy (non-hydrogen) atoms. The number of rotatable bonds is 2. The van der Waals surface area contributed by atoms with Gasteiger partial charge >= 0.3 is 5.97 Å². The molecule has 0 radical (unpaired) electrons. The first kappa shape index (κ1) is 10.2. The normalized spacial score (nSPS) is 15.9. The molecule has 0 aromatic heterocycles. The molecule has 0 saturated heterocycles. The summed E-state index contributed by atoms with van der Waals surface area (Å²) in [6, 6.07) is 5.97. The molecule has 1 saturated carbocycles. The van der Waals surface area contributed by atoms with Gasteiger partial charge in [0.1, 0.15) is 0 Å². The first-order chi connectivity index (χ1) is 7.22. The van der Waals surface area contributed by atoms with Crippen molar-refractivity contribution >= 4 is 5.97 Å². The lowest BCUT2D eigenvalue weighted by Gasteiger charge is -2.27. The molecule has 0 N–H and O–H groups in total. The number of carbonyl (C=O) groups is 1. The van der Waals surface area contributed by atoms with Crippen LogP contribution in [0.3, 0.4) is 0 Å². The van der Waals surface area contributed by atoms with Gasteiger partial charge in [0, 0.05) is 0 Å². The minimum absolute atomic E-state index is 0.211. The second kappa shape index (κ2) is 4.05. The Morgan fingerprint density at radius 2 is 2.13 bits per heavy atom. The number of benzene rings is 1. The van der Waals surface area contributed by atoms with Gasteiger partial charge in [0.2, 0.25) is 0 Å². The van der Waals surface area contributed by atoms with E-state index in [-0.39, 0.29) is 5.97 Å². The van der Waals surface area contributed by atoms with Crippen LogP contribution in [0, 0.1) is 6.92 Å². The molecule has 1 aliphatic carbocycles. The van der Waals surface area contributed by atoms with Crippen molar-refractivity contribution in [1.82, 2.24) is 0 Å². The predicted octanol–water partition coefficient (Wildman–Crippen LogP) is 3.05. The van der Waals surface area contributed by atoms with Crippen molar-refractivity contribution in [2.45, 2.75) is 32.1 Å². The fourth-order valence-corrected chi connectivity index (χ4v) is 2.04. The molecule has 0 unspecified atom stereocenters. The molecule has 0 bridgehead atoms. The van der Waals surface area contributed by atoms with Crippen LogP contribution < -0.4 is 0 Å². The SMILES string of the molecule is COC(=O)c1ccc(C)cc1C1CCC1. The van der Waals surface area contributed by atoms with E-state index >= 15 is 0 Å². The molecule has 2 rings (SSSR count). The van der Waals surface area contributed by atoms with E-state index < -0.39 is 0 Å². The van der Waals surface area contributed by atoms with Gasteiger partial charge in [-0.3, -0.25) is 0 Å². The number of aryl methyl sites for hydroxylation is 1. The van der Waals surface area contributed by atoms with Gasteiger partial charge in [-0.25, -0.2) is 4.79 Å². The van der Waals surface area contributed by atoms with E-state index in [4.69, 9.17) is 4.74 Å². The van der Waals surface area contributed by atoms with E-state index in [9.17, 15) is 4.79 Å². The summed E-state index contributed by atoms with van der Waals surface area (Å²) in [5, 5.41) is 0. The third-order valence-electron chi connectivity index (χ3n) is 3.16. The molecule has 0 aliphatic heterocycles. The maximum Gasteiger partial charge on any atom is 0.338 e. The highest BCUT2D eigenvalue weighted by molar-refractivity contribution is 5.91. The zero-order chi connectivity index (χ0) is 10.8. The average Bonchev–Trinajstić information content (AvgIpc) is 2.14. The summed E-state index contributed by atoms with van der Waals surface area (Å²) in [4.78, 5) is 11.6. The Bertz CT molecular complexity index is 378. The van der Waals surface area contributed by atoms with Gasteiger partial charge in [-0.2, -0.15) is 0 Å². The number of carbonyl (C=O) groups excluding carboxylic acids is 1. The van der Waals surface area contributed by atoms with Gasteiger partial charge in [0.05, 0.1) is 12.7 Å². The van der Waals surface area contributed by atoms with E-state index in [1.54, 1.807) is 0 Å². The smallest absolute Gasteiger partial charge is 0.338 e. The molecule has 1 aromatic carbocycles. The Labute approximate surface area is 90.3 Å². The van der Waals surface area contributed by atoms with E-state index in [0.717, 1.165) is 5.56 Å². The molecule has 0 atom stereocenters. The Morgan fingerprint density at radius 3 is 2.67 bits per heavy atom. The summed E-state index contributed by atoms with van der Waals surface area (Å²) in [7, 11) is 1.44. The minimum atomic E-state index is -0.211. The van der Waals surface area contributed by atoms with Crippen molar-refractivity contribution in [2.24, 2.45) is 0 Å². The van der Waals surface area contributed by atoms with Crippen molar-refractivity contribution in [3.8, 4) is 0 Å². The summed E-state index contributed by atoms with van der Waals surface area (Å²) in [6.07, 6.45) is 3.68. The highest BCUT2D eigenvalue weighted by atomic mass is 16.5. The second-order valence-electron chi connectivity index (χ2n) is 4.21. The van der Waals surface area contributed by atoms with Crippen molar-refractivity contribution in [1.29, 1.82) is 0 Å².